The van der Waals surface area contributed by atoms with Gasteiger partial charge in [0.1, 0.15) is 17.3 Å². The Balaban J connectivity index is 1.48. The maximum absolute atomic E-state index is 12.7. The summed E-state index contributed by atoms with van der Waals surface area (Å²) in [5.74, 6) is 0.750. The summed E-state index contributed by atoms with van der Waals surface area (Å²) in [6.07, 6.45) is 2.09. The fourth-order valence-electron chi connectivity index (χ4n) is 3.06. The first-order valence-electron chi connectivity index (χ1n) is 9.05. The average molecular weight is 489 g/mol. The summed E-state index contributed by atoms with van der Waals surface area (Å²) in [7, 11) is 0. The van der Waals surface area contributed by atoms with Gasteiger partial charge in [0.05, 0.1) is 12.0 Å². The van der Waals surface area contributed by atoms with Crippen LogP contribution in [0.5, 0.6) is 11.5 Å². The molecular formula is C22H15BrClNO5. The molecule has 0 fully saturated rings. The number of carbonyl (C=O) groups excluding carboxylic acids is 2. The summed E-state index contributed by atoms with van der Waals surface area (Å²) in [6.45, 7) is 1.77. The van der Waals surface area contributed by atoms with Gasteiger partial charge in [-0.3, -0.25) is 9.59 Å². The predicted molar refractivity (Wildman–Crippen MR) is 114 cm³/mol. The van der Waals surface area contributed by atoms with Crippen LogP contribution in [0.3, 0.4) is 0 Å². The Morgan fingerprint density at radius 2 is 2.00 bits per heavy atom. The Kier molecular flexibility index (Phi) is 5.74. The molecular weight excluding hydrogens is 474 g/mol. The molecule has 0 radical (unpaired) electrons. The highest BCUT2D eigenvalue weighted by atomic mass is 79.9. The summed E-state index contributed by atoms with van der Waals surface area (Å²) in [6, 6.07) is 12.3. The fourth-order valence-corrected chi connectivity index (χ4v) is 3.48. The Bertz CT molecular complexity index is 1170. The number of Topliss-reactive ketones (excluding diaryl/α,β-unsaturated/α-hetero) is 1. The zero-order valence-electron chi connectivity index (χ0n) is 15.8. The highest BCUT2D eigenvalue weighted by Crippen LogP contribution is 2.37. The molecule has 6 nitrogen and oxygen atoms in total. The molecule has 4 rings (SSSR count). The van der Waals surface area contributed by atoms with Crippen molar-refractivity contribution in [2.45, 2.75) is 19.8 Å². The van der Waals surface area contributed by atoms with E-state index in [9.17, 15) is 9.59 Å². The molecule has 3 aromatic rings. The van der Waals surface area contributed by atoms with Crippen LogP contribution >= 0.6 is 27.5 Å². The lowest BCUT2D eigenvalue weighted by molar-refractivity contribution is -0.134. The van der Waals surface area contributed by atoms with Crippen molar-refractivity contribution in [1.82, 2.24) is 5.16 Å². The summed E-state index contributed by atoms with van der Waals surface area (Å²) >= 11 is 9.07. The molecule has 0 amide bonds. The van der Waals surface area contributed by atoms with E-state index in [4.69, 9.17) is 25.6 Å². The minimum atomic E-state index is -0.447. The first-order chi connectivity index (χ1) is 14.4. The summed E-state index contributed by atoms with van der Waals surface area (Å²) < 4.78 is 17.1. The number of benzene rings is 2. The van der Waals surface area contributed by atoms with Gasteiger partial charge < -0.3 is 14.0 Å². The van der Waals surface area contributed by atoms with Gasteiger partial charge in [0.25, 0.3) is 0 Å². The summed E-state index contributed by atoms with van der Waals surface area (Å²) in [4.78, 5) is 24.9. The third-order valence-electron chi connectivity index (χ3n) is 4.45. The van der Waals surface area contributed by atoms with Gasteiger partial charge in [-0.1, -0.05) is 44.8 Å². The number of fused-ring (bicyclic) bond motifs is 1. The normalized spacial score (nSPS) is 14.0. The SMILES string of the molecule is Cc1cc(OC(=O)CCc2cc(Cl)no2)cc2c1C(=O)/C(=C/c1ccc(Br)cc1)O2. The van der Waals surface area contributed by atoms with E-state index in [1.54, 1.807) is 31.2 Å². The molecule has 0 N–H and O–H groups in total. The second-order valence-corrected chi connectivity index (χ2v) is 8.00. The van der Waals surface area contributed by atoms with E-state index in [1.165, 1.54) is 0 Å². The third-order valence-corrected chi connectivity index (χ3v) is 5.16. The molecule has 1 aliphatic rings. The molecule has 0 atom stereocenters. The number of carbonyl (C=O) groups is 2. The van der Waals surface area contributed by atoms with Crippen LogP contribution in [0.15, 0.2) is 57.2 Å². The maximum Gasteiger partial charge on any atom is 0.311 e. The van der Waals surface area contributed by atoms with Gasteiger partial charge in [-0.25, -0.2) is 0 Å². The Labute approximate surface area is 185 Å². The number of ketones is 1. The molecule has 152 valence electrons. The summed E-state index contributed by atoms with van der Waals surface area (Å²) in [5.41, 5.74) is 1.97. The van der Waals surface area contributed by atoms with Crippen LogP contribution in [0.25, 0.3) is 6.08 Å². The first-order valence-corrected chi connectivity index (χ1v) is 10.2. The second kappa shape index (κ2) is 8.45. The molecule has 0 bridgehead atoms. The van der Waals surface area contributed by atoms with Gasteiger partial charge in [-0.05, 0) is 42.3 Å². The predicted octanol–water partition coefficient (Wildman–Crippen LogP) is 5.55. The Hall–Kier alpha value is -2.90. The number of hydrogen-bond donors (Lipinski definition) is 0. The van der Waals surface area contributed by atoms with Crippen LogP contribution in [0, 0.1) is 6.92 Å². The van der Waals surface area contributed by atoms with Crippen molar-refractivity contribution in [2.24, 2.45) is 0 Å². The number of nitrogens with zero attached hydrogens (tertiary/aromatic N) is 1. The van der Waals surface area contributed by atoms with Crippen molar-refractivity contribution in [1.29, 1.82) is 0 Å². The van der Waals surface area contributed by atoms with Crippen molar-refractivity contribution in [2.75, 3.05) is 0 Å². The fraction of sp³-hybridized carbons (Fsp3) is 0.136. The quantitative estimate of drug-likeness (QED) is 0.266. The number of esters is 1. The number of aryl methyl sites for hydroxylation is 2. The van der Waals surface area contributed by atoms with Gasteiger partial charge in [0.15, 0.2) is 10.9 Å². The van der Waals surface area contributed by atoms with Crippen LogP contribution < -0.4 is 9.47 Å². The number of halogens is 2. The van der Waals surface area contributed by atoms with Crippen molar-refractivity contribution in [3.63, 3.8) is 0 Å². The molecule has 2 heterocycles. The third kappa shape index (κ3) is 4.47. The van der Waals surface area contributed by atoms with Crippen molar-refractivity contribution >= 4 is 45.4 Å². The number of aromatic nitrogens is 1. The van der Waals surface area contributed by atoms with E-state index in [-0.39, 0.29) is 23.1 Å². The Morgan fingerprint density at radius 1 is 1.23 bits per heavy atom. The largest absolute Gasteiger partial charge is 0.452 e. The molecule has 1 aromatic heterocycles. The summed E-state index contributed by atoms with van der Waals surface area (Å²) in [5, 5.41) is 3.80. The molecule has 0 spiro atoms. The minimum absolute atomic E-state index is 0.0934. The smallest absolute Gasteiger partial charge is 0.311 e. The molecule has 0 aliphatic carbocycles. The van der Waals surface area contributed by atoms with Crippen molar-refractivity contribution in [3.8, 4) is 11.5 Å². The zero-order chi connectivity index (χ0) is 21.3. The molecule has 8 heteroatoms. The van der Waals surface area contributed by atoms with Crippen LogP contribution in [-0.2, 0) is 11.2 Å². The lowest BCUT2D eigenvalue weighted by Crippen LogP contribution is -2.09. The van der Waals surface area contributed by atoms with Gasteiger partial charge in [-0.15, -0.1) is 0 Å². The van der Waals surface area contributed by atoms with Gasteiger partial charge in [0, 0.05) is 23.0 Å². The highest BCUT2D eigenvalue weighted by Gasteiger charge is 2.30. The zero-order valence-corrected chi connectivity index (χ0v) is 18.1. The van der Waals surface area contributed by atoms with E-state index in [2.05, 4.69) is 21.1 Å². The average Bonchev–Trinajstić information content (AvgIpc) is 3.25. The lowest BCUT2D eigenvalue weighted by atomic mass is 10.0. The topological polar surface area (TPSA) is 78.6 Å². The second-order valence-electron chi connectivity index (χ2n) is 6.69. The number of ether oxygens (including phenoxy) is 2. The van der Waals surface area contributed by atoms with Gasteiger partial charge in [-0.2, -0.15) is 0 Å². The molecule has 2 aromatic carbocycles. The maximum atomic E-state index is 12.7. The van der Waals surface area contributed by atoms with E-state index < -0.39 is 5.97 Å². The van der Waals surface area contributed by atoms with Crippen molar-refractivity contribution in [3.05, 3.63) is 80.3 Å². The van der Waals surface area contributed by atoms with Crippen LogP contribution in [0.2, 0.25) is 5.15 Å². The Morgan fingerprint density at radius 3 is 2.70 bits per heavy atom. The standard InChI is InChI=1S/C22H15BrClNO5/c1-12-8-16(28-20(26)7-6-15-11-19(24)25-30-15)10-17-21(12)22(27)18(29-17)9-13-2-4-14(23)5-3-13/h2-5,8-11H,6-7H2,1H3/b18-9-. The molecule has 0 unspecified atom stereocenters. The highest BCUT2D eigenvalue weighted by molar-refractivity contribution is 9.10. The lowest BCUT2D eigenvalue weighted by Gasteiger charge is -2.07. The van der Waals surface area contributed by atoms with E-state index in [1.807, 2.05) is 24.3 Å². The van der Waals surface area contributed by atoms with E-state index in [0.29, 0.717) is 34.8 Å². The number of allylic oxidation sites excluding steroid dienone is 1. The van der Waals surface area contributed by atoms with Gasteiger partial charge >= 0.3 is 5.97 Å². The van der Waals surface area contributed by atoms with E-state index >= 15 is 0 Å². The van der Waals surface area contributed by atoms with Crippen LogP contribution in [-0.4, -0.2) is 16.9 Å². The molecule has 1 aliphatic heterocycles. The van der Waals surface area contributed by atoms with Crippen LogP contribution in [0.1, 0.15) is 33.7 Å². The number of hydrogen-bond acceptors (Lipinski definition) is 6. The molecule has 0 saturated heterocycles. The van der Waals surface area contributed by atoms with Crippen LogP contribution in [0.4, 0.5) is 0 Å². The number of rotatable bonds is 5. The van der Waals surface area contributed by atoms with Gasteiger partial charge in [0.2, 0.25) is 5.78 Å². The monoisotopic (exact) mass is 487 g/mol. The van der Waals surface area contributed by atoms with E-state index in [0.717, 1.165) is 10.0 Å². The molecule has 0 saturated carbocycles. The van der Waals surface area contributed by atoms with Crippen molar-refractivity contribution < 1.29 is 23.6 Å². The first kappa shape index (κ1) is 20.4. The minimum Gasteiger partial charge on any atom is -0.452 e. The molecule has 30 heavy (non-hydrogen) atoms.